The first kappa shape index (κ1) is 17.7. The first-order valence-corrected chi connectivity index (χ1v) is 9.60. The molecule has 3 heterocycles. The van der Waals surface area contributed by atoms with Gasteiger partial charge in [-0.3, -0.25) is 4.79 Å². The van der Waals surface area contributed by atoms with Crippen molar-refractivity contribution in [2.45, 2.75) is 32.4 Å². The van der Waals surface area contributed by atoms with E-state index in [1.807, 2.05) is 60.0 Å². The number of fused-ring (bicyclic) bond motifs is 1. The van der Waals surface area contributed by atoms with Crippen molar-refractivity contribution >= 4 is 16.9 Å². The highest BCUT2D eigenvalue weighted by atomic mass is 16.2. The van der Waals surface area contributed by atoms with E-state index >= 15 is 0 Å². The summed E-state index contributed by atoms with van der Waals surface area (Å²) in [6.45, 7) is 4.38. The highest BCUT2D eigenvalue weighted by molar-refractivity contribution is 6.06. The molecule has 0 radical (unpaired) electrons. The number of aryl methyl sites for hydroxylation is 1. The highest BCUT2D eigenvalue weighted by Gasteiger charge is 2.30. The molecule has 6 nitrogen and oxygen atoms in total. The Morgan fingerprint density at radius 2 is 2.11 bits per heavy atom. The lowest BCUT2D eigenvalue weighted by molar-refractivity contribution is 0.0739. The van der Waals surface area contributed by atoms with Crippen molar-refractivity contribution in [3.8, 4) is 11.3 Å². The number of nitrogens with zero attached hydrogens (tertiary/aromatic N) is 4. The first-order chi connectivity index (χ1) is 13.2. The second kappa shape index (κ2) is 7.48. The maximum absolute atomic E-state index is 13.5. The maximum atomic E-state index is 13.5. The Morgan fingerprint density at radius 3 is 2.85 bits per heavy atom. The largest absolute Gasteiger partial charge is 0.334 e. The summed E-state index contributed by atoms with van der Waals surface area (Å²) in [5, 5.41) is 8.49. The monoisotopic (exact) mass is 363 g/mol. The minimum Gasteiger partial charge on any atom is -0.334 e. The number of likely N-dealkylation sites (N-methyl/N-ethyl adjacent to an activating group) is 1. The molecule has 27 heavy (non-hydrogen) atoms. The Bertz CT molecular complexity index is 950. The van der Waals surface area contributed by atoms with Crippen LogP contribution < -0.4 is 5.32 Å². The zero-order valence-corrected chi connectivity index (χ0v) is 15.9. The molecule has 2 aromatic heterocycles. The van der Waals surface area contributed by atoms with Gasteiger partial charge < -0.3 is 10.2 Å². The van der Waals surface area contributed by atoms with E-state index in [-0.39, 0.29) is 11.9 Å². The number of amides is 1. The van der Waals surface area contributed by atoms with Crippen LogP contribution in [0.1, 0.15) is 30.1 Å². The fraction of sp³-hybridized carbons (Fsp3) is 0.381. The lowest BCUT2D eigenvalue weighted by atomic mass is 10.1. The van der Waals surface area contributed by atoms with Crippen LogP contribution in [0, 0.1) is 0 Å². The zero-order valence-electron chi connectivity index (χ0n) is 15.9. The lowest BCUT2D eigenvalue weighted by Crippen LogP contribution is -2.40. The smallest absolute Gasteiger partial charge is 0.255 e. The van der Waals surface area contributed by atoms with Gasteiger partial charge in [0.15, 0.2) is 5.65 Å². The molecule has 140 valence electrons. The molecule has 1 fully saturated rings. The molecule has 1 amide bonds. The van der Waals surface area contributed by atoms with Gasteiger partial charge in [-0.25, -0.2) is 9.67 Å². The van der Waals surface area contributed by atoms with Crippen LogP contribution in [-0.2, 0) is 6.54 Å². The Kier molecular flexibility index (Phi) is 4.90. The number of carbonyl (C=O) groups excluding carboxylic acids is 1. The van der Waals surface area contributed by atoms with Crippen LogP contribution >= 0.6 is 0 Å². The molecular weight excluding hydrogens is 338 g/mol. The number of nitrogens with one attached hydrogen (secondary N) is 1. The van der Waals surface area contributed by atoms with E-state index in [4.69, 9.17) is 4.98 Å². The van der Waals surface area contributed by atoms with Crippen molar-refractivity contribution in [1.82, 2.24) is 25.0 Å². The van der Waals surface area contributed by atoms with Gasteiger partial charge >= 0.3 is 0 Å². The van der Waals surface area contributed by atoms with E-state index < -0.39 is 0 Å². The second-order valence-corrected chi connectivity index (χ2v) is 6.97. The summed E-state index contributed by atoms with van der Waals surface area (Å²) >= 11 is 0. The molecule has 1 unspecified atom stereocenters. The molecule has 6 heteroatoms. The molecule has 1 aliphatic rings. The van der Waals surface area contributed by atoms with Gasteiger partial charge in [-0.1, -0.05) is 30.3 Å². The summed E-state index contributed by atoms with van der Waals surface area (Å²) < 4.78 is 1.85. The third-order valence-electron chi connectivity index (χ3n) is 5.29. The van der Waals surface area contributed by atoms with Crippen LogP contribution in [0.15, 0.2) is 42.6 Å². The number of aromatic nitrogens is 3. The van der Waals surface area contributed by atoms with Gasteiger partial charge in [0, 0.05) is 31.2 Å². The van der Waals surface area contributed by atoms with Crippen LogP contribution in [-0.4, -0.2) is 51.8 Å². The summed E-state index contributed by atoms with van der Waals surface area (Å²) in [7, 11) is 1.93. The quantitative estimate of drug-likeness (QED) is 0.757. The van der Waals surface area contributed by atoms with E-state index in [9.17, 15) is 4.79 Å². The Morgan fingerprint density at radius 1 is 1.30 bits per heavy atom. The molecule has 0 bridgehead atoms. The fourth-order valence-corrected chi connectivity index (χ4v) is 3.92. The molecule has 3 aromatic rings. The number of hydrogen-bond acceptors (Lipinski definition) is 4. The van der Waals surface area contributed by atoms with Crippen LogP contribution in [0.4, 0.5) is 0 Å². The van der Waals surface area contributed by atoms with Crippen LogP contribution in [0.5, 0.6) is 0 Å². The lowest BCUT2D eigenvalue weighted by Gasteiger charge is -2.25. The molecule has 1 saturated heterocycles. The predicted octanol–water partition coefficient (Wildman–Crippen LogP) is 2.94. The van der Waals surface area contributed by atoms with Crippen LogP contribution in [0.25, 0.3) is 22.3 Å². The minimum atomic E-state index is 0.0768. The summed E-state index contributed by atoms with van der Waals surface area (Å²) in [4.78, 5) is 20.3. The third kappa shape index (κ3) is 3.21. The van der Waals surface area contributed by atoms with E-state index in [1.54, 1.807) is 6.20 Å². The Balaban J connectivity index is 1.83. The zero-order chi connectivity index (χ0) is 18.8. The van der Waals surface area contributed by atoms with Gasteiger partial charge in [0.05, 0.1) is 22.8 Å². The van der Waals surface area contributed by atoms with Gasteiger partial charge in [0.2, 0.25) is 0 Å². The molecule has 4 rings (SSSR count). The van der Waals surface area contributed by atoms with E-state index in [1.165, 1.54) is 0 Å². The van der Waals surface area contributed by atoms with Crippen LogP contribution in [0.3, 0.4) is 0 Å². The van der Waals surface area contributed by atoms with E-state index in [0.29, 0.717) is 12.1 Å². The standard InChI is InChI=1S/C21H25N5O/c1-3-26-20-18(14-23-26)17(12-19(24-20)15-8-5-4-6-9-15)21(27)25-11-7-10-16(25)13-22-2/h4-6,8-9,12,14,16,22H,3,7,10-11,13H2,1-2H3. The Labute approximate surface area is 159 Å². The van der Waals surface area contributed by atoms with E-state index in [0.717, 1.165) is 48.2 Å². The number of hydrogen-bond donors (Lipinski definition) is 1. The van der Waals surface area contributed by atoms with Gasteiger partial charge in [-0.15, -0.1) is 0 Å². The normalized spacial score (nSPS) is 17.0. The van der Waals surface area contributed by atoms with Crippen molar-refractivity contribution < 1.29 is 4.79 Å². The highest BCUT2D eigenvalue weighted by Crippen LogP contribution is 2.28. The number of likely N-dealkylation sites (tertiary alicyclic amines) is 1. The number of pyridine rings is 1. The summed E-state index contributed by atoms with van der Waals surface area (Å²) in [6, 6.07) is 12.2. The van der Waals surface area contributed by atoms with Crippen molar-refractivity contribution in [3.05, 3.63) is 48.2 Å². The molecule has 0 aliphatic carbocycles. The minimum absolute atomic E-state index is 0.0768. The van der Waals surface area contributed by atoms with Crippen molar-refractivity contribution in [1.29, 1.82) is 0 Å². The maximum Gasteiger partial charge on any atom is 0.255 e. The SMILES string of the molecule is CCn1ncc2c(C(=O)N3CCCC3CNC)cc(-c3ccccc3)nc21. The molecular formula is C21H25N5O. The summed E-state index contributed by atoms with van der Waals surface area (Å²) in [6.07, 6.45) is 3.86. The topological polar surface area (TPSA) is 63.1 Å². The average Bonchev–Trinajstić information content (AvgIpc) is 3.34. The number of carbonyl (C=O) groups is 1. The van der Waals surface area contributed by atoms with Gasteiger partial charge in [0.25, 0.3) is 5.91 Å². The van der Waals surface area contributed by atoms with E-state index in [2.05, 4.69) is 10.4 Å². The van der Waals surface area contributed by atoms with Crippen molar-refractivity contribution in [3.63, 3.8) is 0 Å². The molecule has 1 aliphatic heterocycles. The molecule has 0 saturated carbocycles. The number of benzene rings is 1. The summed E-state index contributed by atoms with van der Waals surface area (Å²) in [5.74, 6) is 0.0768. The van der Waals surface area contributed by atoms with Gasteiger partial charge in [0.1, 0.15) is 0 Å². The average molecular weight is 363 g/mol. The second-order valence-electron chi connectivity index (χ2n) is 6.97. The Hall–Kier alpha value is -2.73. The fourth-order valence-electron chi connectivity index (χ4n) is 3.92. The first-order valence-electron chi connectivity index (χ1n) is 9.60. The summed E-state index contributed by atoms with van der Waals surface area (Å²) in [5.41, 5.74) is 3.28. The molecule has 1 atom stereocenters. The molecule has 1 N–H and O–H groups in total. The van der Waals surface area contributed by atoms with Gasteiger partial charge in [-0.05, 0) is 32.9 Å². The van der Waals surface area contributed by atoms with Crippen LogP contribution in [0.2, 0.25) is 0 Å². The third-order valence-corrected chi connectivity index (χ3v) is 5.29. The predicted molar refractivity (Wildman–Crippen MR) is 107 cm³/mol. The van der Waals surface area contributed by atoms with Crippen molar-refractivity contribution in [2.24, 2.45) is 0 Å². The number of rotatable bonds is 5. The van der Waals surface area contributed by atoms with Crippen molar-refractivity contribution in [2.75, 3.05) is 20.1 Å². The van der Waals surface area contributed by atoms with Gasteiger partial charge in [-0.2, -0.15) is 5.10 Å². The molecule has 1 aromatic carbocycles. The molecule has 0 spiro atoms.